The zero-order valence-electron chi connectivity index (χ0n) is 11.6. The number of aliphatic carboxylic acids is 1. The number of hydrogen-bond acceptors (Lipinski definition) is 5. The molecule has 0 unspecified atom stereocenters. The van der Waals surface area contributed by atoms with Gasteiger partial charge in [-0.15, -0.1) is 11.3 Å². The second-order valence-electron chi connectivity index (χ2n) is 4.82. The Morgan fingerprint density at radius 3 is 2.74 bits per heavy atom. The van der Waals surface area contributed by atoms with E-state index in [1.54, 1.807) is 18.4 Å². The van der Waals surface area contributed by atoms with Crippen LogP contribution in [0.4, 0.5) is 0 Å². The smallest absolute Gasteiger partial charge is 0.323 e. The van der Waals surface area contributed by atoms with Crippen LogP contribution in [0.5, 0.6) is 0 Å². The molecule has 0 spiro atoms. The summed E-state index contributed by atoms with van der Waals surface area (Å²) in [6, 6.07) is -0.906. The molecule has 0 fully saturated rings. The summed E-state index contributed by atoms with van der Waals surface area (Å²) in [5.41, 5.74) is 1.08. The second kappa shape index (κ2) is 7.57. The van der Waals surface area contributed by atoms with Crippen molar-refractivity contribution in [1.82, 2.24) is 10.3 Å². The Morgan fingerprint density at radius 2 is 2.26 bits per heavy atom. The average molecular weight is 286 g/mol. The number of carboxylic acid groups (broad SMARTS) is 1. The minimum Gasteiger partial charge on any atom is -0.480 e. The Hall–Kier alpha value is -0.980. The lowest BCUT2D eigenvalue weighted by atomic mass is 9.92. The monoisotopic (exact) mass is 286 g/mol. The number of carboxylic acids is 1. The molecule has 0 aliphatic rings. The largest absolute Gasteiger partial charge is 0.480 e. The van der Waals surface area contributed by atoms with Gasteiger partial charge in [-0.2, -0.15) is 0 Å². The number of thiazole rings is 1. The Kier molecular flexibility index (Phi) is 6.41. The number of rotatable bonds is 8. The molecule has 0 radical (unpaired) electrons. The summed E-state index contributed by atoms with van der Waals surface area (Å²) >= 11 is 1.63. The highest BCUT2D eigenvalue weighted by atomic mass is 32.1. The maximum atomic E-state index is 10.9. The number of aromatic nitrogens is 1. The summed E-state index contributed by atoms with van der Waals surface area (Å²) in [6.45, 7) is 3.86. The molecule has 6 heteroatoms. The van der Waals surface area contributed by atoms with E-state index in [1.807, 2.05) is 19.2 Å². The van der Waals surface area contributed by atoms with Crippen LogP contribution in [0.2, 0.25) is 0 Å². The van der Waals surface area contributed by atoms with Gasteiger partial charge in [-0.25, -0.2) is 4.98 Å². The van der Waals surface area contributed by atoms with E-state index in [2.05, 4.69) is 10.3 Å². The lowest BCUT2D eigenvalue weighted by molar-refractivity contribution is -0.143. The first-order valence-corrected chi connectivity index (χ1v) is 7.32. The van der Waals surface area contributed by atoms with E-state index >= 15 is 0 Å². The molecule has 5 nitrogen and oxygen atoms in total. The van der Waals surface area contributed by atoms with Crippen LogP contribution in [0.25, 0.3) is 0 Å². The highest BCUT2D eigenvalue weighted by Gasteiger charge is 2.28. The van der Waals surface area contributed by atoms with Gasteiger partial charge in [-0.1, -0.05) is 6.92 Å². The Balaban J connectivity index is 2.37. The first kappa shape index (κ1) is 16.1. The van der Waals surface area contributed by atoms with Crippen molar-refractivity contribution in [3.05, 3.63) is 16.1 Å². The maximum absolute atomic E-state index is 10.9. The zero-order chi connectivity index (χ0) is 14.4. The molecule has 0 aliphatic carbocycles. The fraction of sp³-hybridized carbons (Fsp3) is 0.692. The third-order valence-electron chi connectivity index (χ3n) is 3.26. The molecular formula is C13H22N2O3S. The summed E-state index contributed by atoms with van der Waals surface area (Å²) in [4.78, 5) is 15.3. The normalized spacial score (nSPS) is 16.0. The second-order valence-corrected chi connectivity index (χ2v) is 5.88. The van der Waals surface area contributed by atoms with Gasteiger partial charge in [0.1, 0.15) is 6.04 Å². The van der Waals surface area contributed by atoms with E-state index < -0.39 is 18.1 Å². The average Bonchev–Trinajstić information content (AvgIpc) is 2.75. The van der Waals surface area contributed by atoms with Crippen LogP contribution in [0.3, 0.4) is 0 Å². The number of likely N-dealkylation sites (N-methyl/N-ethyl adjacent to an activating group) is 1. The minimum atomic E-state index is -1.02. The van der Waals surface area contributed by atoms with Gasteiger partial charge in [0.2, 0.25) is 0 Å². The van der Waals surface area contributed by atoms with E-state index in [-0.39, 0.29) is 5.92 Å². The molecular weight excluding hydrogens is 264 g/mol. The molecule has 1 aromatic rings. The van der Waals surface area contributed by atoms with E-state index in [1.165, 1.54) is 0 Å². The van der Waals surface area contributed by atoms with Gasteiger partial charge in [0.25, 0.3) is 0 Å². The summed E-state index contributed by atoms with van der Waals surface area (Å²) in [6.07, 6.45) is 1.68. The van der Waals surface area contributed by atoms with Crippen molar-refractivity contribution < 1.29 is 15.0 Å². The Morgan fingerprint density at radius 1 is 1.58 bits per heavy atom. The molecule has 0 aliphatic heterocycles. The van der Waals surface area contributed by atoms with E-state index in [0.717, 1.165) is 30.0 Å². The highest BCUT2D eigenvalue weighted by Crippen LogP contribution is 2.17. The SMILES string of the molecule is CN[C@H](C(=O)O)[C@H](O)[C@H](C)CCCc1csc(C)n1. The number of aryl methyl sites for hydroxylation is 2. The van der Waals surface area contributed by atoms with Crippen LogP contribution in [0.1, 0.15) is 30.5 Å². The van der Waals surface area contributed by atoms with Crippen molar-refractivity contribution in [1.29, 1.82) is 0 Å². The number of nitrogens with one attached hydrogen (secondary N) is 1. The molecule has 1 heterocycles. The van der Waals surface area contributed by atoms with Crippen LogP contribution in [0, 0.1) is 12.8 Å². The van der Waals surface area contributed by atoms with Crippen molar-refractivity contribution in [3.8, 4) is 0 Å². The van der Waals surface area contributed by atoms with E-state index in [9.17, 15) is 9.90 Å². The maximum Gasteiger partial charge on any atom is 0.323 e. The predicted octanol–water partition coefficient (Wildman–Crippen LogP) is 1.44. The zero-order valence-corrected chi connectivity index (χ0v) is 12.4. The lowest BCUT2D eigenvalue weighted by Gasteiger charge is -2.24. The van der Waals surface area contributed by atoms with Crippen molar-refractivity contribution >= 4 is 17.3 Å². The van der Waals surface area contributed by atoms with Gasteiger partial charge >= 0.3 is 5.97 Å². The molecule has 0 bridgehead atoms. The van der Waals surface area contributed by atoms with E-state index in [4.69, 9.17) is 5.11 Å². The molecule has 108 valence electrons. The standard InChI is InChI=1S/C13H22N2O3S/c1-8(12(16)11(14-3)13(17)18)5-4-6-10-7-19-9(2)15-10/h7-8,11-12,14,16H,4-6H2,1-3H3,(H,17,18)/t8-,11+,12-/m1/s1. The van der Waals surface area contributed by atoms with Crippen molar-refractivity contribution in [2.24, 2.45) is 5.92 Å². The number of carbonyl (C=O) groups is 1. The first-order chi connectivity index (χ1) is 8.95. The van der Waals surface area contributed by atoms with Crippen LogP contribution < -0.4 is 5.32 Å². The molecule has 19 heavy (non-hydrogen) atoms. The summed E-state index contributed by atoms with van der Waals surface area (Å²) < 4.78 is 0. The molecule has 0 saturated heterocycles. The molecule has 0 amide bonds. The summed E-state index contributed by atoms with van der Waals surface area (Å²) in [7, 11) is 1.55. The van der Waals surface area contributed by atoms with Crippen molar-refractivity contribution in [2.75, 3.05) is 7.05 Å². The van der Waals surface area contributed by atoms with Gasteiger partial charge in [0, 0.05) is 5.38 Å². The quantitative estimate of drug-likeness (QED) is 0.673. The predicted molar refractivity (Wildman–Crippen MR) is 75.4 cm³/mol. The third-order valence-corrected chi connectivity index (χ3v) is 4.08. The van der Waals surface area contributed by atoms with E-state index in [0.29, 0.717) is 0 Å². The topological polar surface area (TPSA) is 82.5 Å². The Bertz CT molecular complexity index is 408. The fourth-order valence-corrected chi connectivity index (χ4v) is 2.71. The highest BCUT2D eigenvalue weighted by molar-refractivity contribution is 7.09. The van der Waals surface area contributed by atoms with Gasteiger partial charge in [0.05, 0.1) is 16.8 Å². The molecule has 3 atom stereocenters. The number of hydrogen-bond donors (Lipinski definition) is 3. The molecule has 0 aromatic carbocycles. The van der Waals surface area contributed by atoms with Gasteiger partial charge in [-0.3, -0.25) is 4.79 Å². The molecule has 1 aromatic heterocycles. The third kappa shape index (κ3) is 4.89. The molecule has 0 saturated carbocycles. The van der Waals surface area contributed by atoms with Gasteiger partial charge < -0.3 is 15.5 Å². The number of nitrogens with zero attached hydrogens (tertiary/aromatic N) is 1. The van der Waals surface area contributed by atoms with Crippen LogP contribution in [0.15, 0.2) is 5.38 Å². The molecule has 1 rings (SSSR count). The number of aliphatic hydroxyl groups excluding tert-OH is 1. The number of aliphatic hydroxyl groups is 1. The van der Waals surface area contributed by atoms with Crippen molar-refractivity contribution in [2.45, 2.75) is 45.3 Å². The van der Waals surface area contributed by atoms with Crippen molar-refractivity contribution in [3.63, 3.8) is 0 Å². The fourth-order valence-electron chi connectivity index (χ4n) is 2.07. The minimum absolute atomic E-state index is 0.0618. The van der Waals surface area contributed by atoms with Gasteiger partial charge in [0.15, 0.2) is 0 Å². The first-order valence-electron chi connectivity index (χ1n) is 6.44. The van der Waals surface area contributed by atoms with Crippen LogP contribution in [-0.2, 0) is 11.2 Å². The lowest BCUT2D eigenvalue weighted by Crippen LogP contribution is -2.47. The Labute approximate surface area is 117 Å². The molecule has 3 N–H and O–H groups in total. The van der Waals surface area contributed by atoms with Crippen LogP contribution in [-0.4, -0.2) is 40.4 Å². The summed E-state index contributed by atoms with van der Waals surface area (Å²) in [5, 5.41) is 24.7. The van der Waals surface area contributed by atoms with Gasteiger partial charge in [-0.05, 0) is 39.2 Å². The summed E-state index contributed by atoms with van der Waals surface area (Å²) in [5.74, 6) is -1.08. The van der Waals surface area contributed by atoms with Crippen LogP contribution >= 0.6 is 11.3 Å².